The lowest BCUT2D eigenvalue weighted by Crippen LogP contribution is -2.12. The summed E-state index contributed by atoms with van der Waals surface area (Å²) in [5.74, 6) is 5.44. The molecule has 0 radical (unpaired) electrons. The Balaban J connectivity index is 2.55. The molecule has 94 valence electrons. The van der Waals surface area contributed by atoms with Crippen LogP contribution in [0, 0.1) is 5.41 Å². The number of nitrogens with one attached hydrogen (secondary N) is 1. The fourth-order valence-corrected chi connectivity index (χ4v) is 1.15. The van der Waals surface area contributed by atoms with Crippen molar-refractivity contribution in [3.8, 4) is 5.75 Å². The average Bonchev–Trinajstić information content (AvgIpc) is 2.36. The minimum Gasteiger partial charge on any atom is -0.491 e. The summed E-state index contributed by atoms with van der Waals surface area (Å²) in [6.45, 7) is 0.812. The van der Waals surface area contributed by atoms with Crippen molar-refractivity contribution in [1.29, 1.82) is 5.41 Å². The molecule has 0 aliphatic heterocycles. The van der Waals surface area contributed by atoms with E-state index in [1.54, 1.807) is 31.4 Å². The van der Waals surface area contributed by atoms with Crippen molar-refractivity contribution < 1.29 is 19.0 Å². The van der Waals surface area contributed by atoms with Gasteiger partial charge >= 0.3 is 0 Å². The highest BCUT2D eigenvalue weighted by atomic mass is 16.7. The molecule has 6 heteroatoms. The van der Waals surface area contributed by atoms with Gasteiger partial charge in [0.2, 0.25) is 12.7 Å². The molecule has 1 aromatic rings. The smallest absolute Gasteiger partial charge is 0.215 e. The van der Waals surface area contributed by atoms with E-state index < -0.39 is 0 Å². The predicted molar refractivity (Wildman–Crippen MR) is 61.9 cm³/mol. The molecule has 0 saturated carbocycles. The molecule has 0 amide bonds. The Morgan fingerprint density at radius 1 is 1.35 bits per heavy atom. The summed E-state index contributed by atoms with van der Waals surface area (Å²) in [6.07, 6.45) is 0. The first-order valence-corrected chi connectivity index (χ1v) is 5.03. The molecular formula is C11H16N2O4. The van der Waals surface area contributed by atoms with Crippen LogP contribution in [-0.4, -0.2) is 33.0 Å². The highest BCUT2D eigenvalue weighted by Crippen LogP contribution is 2.14. The molecule has 0 bridgehead atoms. The zero-order valence-corrected chi connectivity index (χ0v) is 9.64. The van der Waals surface area contributed by atoms with Gasteiger partial charge in [0, 0.05) is 12.7 Å². The van der Waals surface area contributed by atoms with Crippen LogP contribution in [0.25, 0.3) is 0 Å². The van der Waals surface area contributed by atoms with E-state index in [0.717, 1.165) is 0 Å². The van der Waals surface area contributed by atoms with Crippen molar-refractivity contribution in [3.05, 3.63) is 29.8 Å². The van der Waals surface area contributed by atoms with Gasteiger partial charge in [-0.2, -0.15) is 0 Å². The molecule has 1 rings (SSSR count). The number of methoxy groups -OCH3 is 1. The van der Waals surface area contributed by atoms with Gasteiger partial charge in [-0.15, -0.1) is 0 Å². The second kappa shape index (κ2) is 7.61. The van der Waals surface area contributed by atoms with Crippen LogP contribution in [0.5, 0.6) is 5.75 Å². The first kappa shape index (κ1) is 13.4. The number of rotatable bonds is 7. The van der Waals surface area contributed by atoms with Crippen molar-refractivity contribution >= 4 is 5.90 Å². The summed E-state index contributed by atoms with van der Waals surface area (Å²) in [7, 11) is 1.61. The van der Waals surface area contributed by atoms with Crippen molar-refractivity contribution in [3.63, 3.8) is 0 Å². The maximum absolute atomic E-state index is 7.60. The Labute approximate surface area is 99.7 Å². The summed E-state index contributed by atoms with van der Waals surface area (Å²) < 4.78 is 15.2. The fourth-order valence-electron chi connectivity index (χ4n) is 1.15. The van der Waals surface area contributed by atoms with Gasteiger partial charge in [0.1, 0.15) is 12.4 Å². The maximum atomic E-state index is 7.60. The van der Waals surface area contributed by atoms with Crippen molar-refractivity contribution in [2.45, 2.75) is 0 Å². The zero-order valence-electron chi connectivity index (χ0n) is 9.64. The number of benzene rings is 1. The lowest BCUT2D eigenvalue weighted by atomic mass is 10.2. The molecule has 0 saturated heterocycles. The molecule has 3 N–H and O–H groups in total. The van der Waals surface area contributed by atoms with Gasteiger partial charge in [0.15, 0.2) is 0 Å². The highest BCUT2D eigenvalue weighted by Gasteiger charge is 2.04. The van der Waals surface area contributed by atoms with E-state index in [0.29, 0.717) is 24.5 Å². The van der Waals surface area contributed by atoms with Crippen LogP contribution in [0.2, 0.25) is 0 Å². The SMILES string of the molecule is COCCOc1cccc(C(=N)OCON)c1. The second-order valence-electron chi connectivity index (χ2n) is 3.13. The Hall–Kier alpha value is -1.63. The number of nitrogens with two attached hydrogens (primary N) is 1. The first-order valence-electron chi connectivity index (χ1n) is 5.03. The Morgan fingerprint density at radius 3 is 2.88 bits per heavy atom. The van der Waals surface area contributed by atoms with E-state index in [4.69, 9.17) is 25.5 Å². The summed E-state index contributed by atoms with van der Waals surface area (Å²) in [5.41, 5.74) is 0.594. The van der Waals surface area contributed by atoms with Crippen molar-refractivity contribution in [2.75, 3.05) is 27.1 Å². The Morgan fingerprint density at radius 2 is 2.18 bits per heavy atom. The standard InChI is InChI=1S/C11H16N2O4/c1-14-5-6-15-10-4-2-3-9(7-10)11(12)16-8-17-13/h2-4,7,12H,5-6,8,13H2,1H3. The fraction of sp³-hybridized carbons (Fsp3) is 0.364. The molecule has 0 aliphatic carbocycles. The van der Waals surface area contributed by atoms with E-state index in [-0.39, 0.29) is 12.7 Å². The minimum absolute atomic E-state index is 0.0207. The second-order valence-corrected chi connectivity index (χ2v) is 3.13. The maximum Gasteiger partial charge on any atom is 0.215 e. The molecule has 0 fully saturated rings. The van der Waals surface area contributed by atoms with Gasteiger partial charge in [-0.05, 0) is 18.2 Å². The summed E-state index contributed by atoms with van der Waals surface area (Å²) in [6, 6.07) is 7.01. The van der Waals surface area contributed by atoms with Crippen LogP contribution >= 0.6 is 0 Å². The summed E-state index contributed by atoms with van der Waals surface area (Å²) in [5, 5.41) is 7.60. The normalized spacial score (nSPS) is 10.0. The number of hydrogen-bond donors (Lipinski definition) is 2. The highest BCUT2D eigenvalue weighted by molar-refractivity contribution is 5.91. The quantitative estimate of drug-likeness (QED) is 0.243. The van der Waals surface area contributed by atoms with Crippen LogP contribution in [-0.2, 0) is 14.3 Å². The van der Waals surface area contributed by atoms with Crippen LogP contribution in [0.3, 0.4) is 0 Å². The first-order chi connectivity index (χ1) is 8.27. The van der Waals surface area contributed by atoms with E-state index in [2.05, 4.69) is 4.84 Å². The van der Waals surface area contributed by atoms with Crippen LogP contribution in [0.15, 0.2) is 24.3 Å². The van der Waals surface area contributed by atoms with Gasteiger partial charge in [-0.1, -0.05) is 6.07 Å². The van der Waals surface area contributed by atoms with E-state index in [1.807, 2.05) is 0 Å². The third-order valence-corrected chi connectivity index (χ3v) is 1.92. The lowest BCUT2D eigenvalue weighted by Gasteiger charge is -2.09. The molecule has 0 atom stereocenters. The molecule has 0 spiro atoms. The van der Waals surface area contributed by atoms with Gasteiger partial charge in [0.25, 0.3) is 0 Å². The predicted octanol–water partition coefficient (Wildman–Crippen LogP) is 0.902. The van der Waals surface area contributed by atoms with Gasteiger partial charge < -0.3 is 14.2 Å². The largest absolute Gasteiger partial charge is 0.491 e. The molecule has 6 nitrogen and oxygen atoms in total. The molecule has 0 aromatic heterocycles. The molecule has 0 unspecified atom stereocenters. The summed E-state index contributed by atoms with van der Waals surface area (Å²) >= 11 is 0. The molecule has 17 heavy (non-hydrogen) atoms. The Kier molecular flexibility index (Phi) is 6.02. The van der Waals surface area contributed by atoms with Crippen LogP contribution < -0.4 is 10.6 Å². The zero-order chi connectivity index (χ0) is 12.5. The molecule has 1 aromatic carbocycles. The van der Waals surface area contributed by atoms with E-state index in [1.165, 1.54) is 0 Å². The Bertz CT molecular complexity index is 357. The molecular weight excluding hydrogens is 224 g/mol. The number of ether oxygens (including phenoxy) is 3. The van der Waals surface area contributed by atoms with Crippen LogP contribution in [0.1, 0.15) is 5.56 Å². The minimum atomic E-state index is -0.159. The van der Waals surface area contributed by atoms with E-state index in [9.17, 15) is 0 Å². The van der Waals surface area contributed by atoms with Crippen LogP contribution in [0.4, 0.5) is 0 Å². The van der Waals surface area contributed by atoms with E-state index >= 15 is 0 Å². The topological polar surface area (TPSA) is 86.8 Å². The van der Waals surface area contributed by atoms with Crippen molar-refractivity contribution in [2.24, 2.45) is 5.90 Å². The van der Waals surface area contributed by atoms with Gasteiger partial charge in [-0.25, -0.2) is 5.90 Å². The lowest BCUT2D eigenvalue weighted by molar-refractivity contribution is 0.00656. The average molecular weight is 240 g/mol. The van der Waals surface area contributed by atoms with Crippen molar-refractivity contribution in [1.82, 2.24) is 0 Å². The number of hydrogen-bond acceptors (Lipinski definition) is 6. The molecule has 0 heterocycles. The van der Waals surface area contributed by atoms with Gasteiger partial charge in [-0.3, -0.25) is 10.2 Å². The molecule has 0 aliphatic rings. The third kappa shape index (κ3) is 4.81. The summed E-state index contributed by atoms with van der Waals surface area (Å²) in [4.78, 5) is 4.23. The third-order valence-electron chi connectivity index (χ3n) is 1.92. The van der Waals surface area contributed by atoms with Gasteiger partial charge in [0.05, 0.1) is 6.61 Å². The monoisotopic (exact) mass is 240 g/mol.